The lowest BCUT2D eigenvalue weighted by atomic mass is 9.68. The topological polar surface area (TPSA) is 57.2 Å². The third-order valence-electron chi connectivity index (χ3n) is 4.21. The first-order valence-corrected chi connectivity index (χ1v) is 6.79. The quantitative estimate of drug-likeness (QED) is 0.887. The zero-order chi connectivity index (χ0) is 13.2. The van der Waals surface area contributed by atoms with Crippen LogP contribution >= 0.6 is 0 Å². The Morgan fingerprint density at radius 2 is 2.17 bits per heavy atom. The highest BCUT2D eigenvalue weighted by Crippen LogP contribution is 2.47. The number of furan rings is 1. The van der Waals surface area contributed by atoms with E-state index in [4.69, 9.17) is 4.42 Å². The van der Waals surface area contributed by atoms with E-state index in [1.54, 1.807) is 6.07 Å². The molecule has 1 unspecified atom stereocenters. The molecule has 0 saturated heterocycles. The van der Waals surface area contributed by atoms with Gasteiger partial charge >= 0.3 is 0 Å². The third kappa shape index (κ3) is 2.30. The smallest absolute Gasteiger partial charge is 0.134 e. The molecule has 1 saturated carbocycles. The normalized spacial score (nSPS) is 29.8. The average Bonchev–Trinajstić information content (AvgIpc) is 2.88. The van der Waals surface area contributed by atoms with Crippen LogP contribution in [-0.4, -0.2) is 5.11 Å². The van der Waals surface area contributed by atoms with Crippen molar-refractivity contribution in [3.63, 3.8) is 0 Å². The van der Waals surface area contributed by atoms with E-state index in [0.717, 1.165) is 37.9 Å². The molecule has 0 spiro atoms. The van der Waals surface area contributed by atoms with Crippen molar-refractivity contribution >= 4 is 0 Å². The van der Waals surface area contributed by atoms with Crippen molar-refractivity contribution in [3.8, 4) is 6.07 Å². The number of hydrogen-bond donors (Lipinski definition) is 1. The van der Waals surface area contributed by atoms with Gasteiger partial charge in [0.25, 0.3) is 0 Å². The van der Waals surface area contributed by atoms with E-state index >= 15 is 0 Å². The molecule has 1 aliphatic rings. The number of nitrogens with zero attached hydrogens (tertiary/aromatic N) is 1. The van der Waals surface area contributed by atoms with Crippen LogP contribution in [0.15, 0.2) is 16.5 Å². The Bertz CT molecular complexity index is 436. The number of nitriles is 1. The molecular formula is C15H21NO2. The molecule has 0 amide bonds. The Hall–Kier alpha value is -1.27. The van der Waals surface area contributed by atoms with Gasteiger partial charge in [0.1, 0.15) is 17.6 Å². The lowest BCUT2D eigenvalue weighted by Gasteiger charge is -2.36. The van der Waals surface area contributed by atoms with E-state index in [2.05, 4.69) is 13.0 Å². The first-order chi connectivity index (χ1) is 8.61. The molecule has 2 rings (SSSR count). The Balaban J connectivity index is 2.20. The Kier molecular flexibility index (Phi) is 3.77. The standard InChI is InChI=1S/C15H21NO2/c1-3-12-4-5-13(18-12)14(17)15(10-16)8-6-11(2)7-9-15/h4-5,11,14,17H,3,6-9H2,1-2H3. The van der Waals surface area contributed by atoms with Crippen molar-refractivity contribution in [2.24, 2.45) is 11.3 Å². The highest BCUT2D eigenvalue weighted by Gasteiger charge is 2.43. The molecule has 1 atom stereocenters. The Labute approximate surface area is 108 Å². The fraction of sp³-hybridized carbons (Fsp3) is 0.667. The predicted octanol–water partition coefficient (Wildman–Crippen LogP) is 3.60. The second-order valence-electron chi connectivity index (χ2n) is 5.51. The van der Waals surface area contributed by atoms with Crippen molar-refractivity contribution in [2.75, 3.05) is 0 Å². The fourth-order valence-electron chi connectivity index (χ4n) is 2.73. The van der Waals surface area contributed by atoms with Gasteiger partial charge in [-0.3, -0.25) is 0 Å². The van der Waals surface area contributed by atoms with Gasteiger partial charge in [-0.1, -0.05) is 13.8 Å². The molecule has 0 bridgehead atoms. The molecule has 3 nitrogen and oxygen atoms in total. The predicted molar refractivity (Wildman–Crippen MR) is 68.7 cm³/mol. The van der Waals surface area contributed by atoms with Crippen molar-refractivity contribution in [2.45, 2.75) is 52.1 Å². The summed E-state index contributed by atoms with van der Waals surface area (Å²) < 4.78 is 5.60. The highest BCUT2D eigenvalue weighted by molar-refractivity contribution is 5.17. The van der Waals surface area contributed by atoms with Crippen molar-refractivity contribution in [1.29, 1.82) is 5.26 Å². The summed E-state index contributed by atoms with van der Waals surface area (Å²) in [5.41, 5.74) is -0.657. The first-order valence-electron chi connectivity index (χ1n) is 6.79. The molecule has 1 aromatic rings. The Morgan fingerprint density at radius 3 is 2.67 bits per heavy atom. The van der Waals surface area contributed by atoms with E-state index in [1.807, 2.05) is 13.0 Å². The van der Waals surface area contributed by atoms with Gasteiger partial charge in [-0.05, 0) is 43.7 Å². The van der Waals surface area contributed by atoms with E-state index < -0.39 is 11.5 Å². The summed E-state index contributed by atoms with van der Waals surface area (Å²) in [4.78, 5) is 0. The minimum absolute atomic E-state index is 0.544. The second-order valence-corrected chi connectivity index (χ2v) is 5.51. The van der Waals surface area contributed by atoms with Gasteiger partial charge in [0.2, 0.25) is 0 Å². The molecule has 1 N–H and O–H groups in total. The minimum atomic E-state index is -0.796. The van der Waals surface area contributed by atoms with Crippen molar-refractivity contribution in [1.82, 2.24) is 0 Å². The number of rotatable bonds is 3. The number of aryl methyl sites for hydroxylation is 1. The molecule has 18 heavy (non-hydrogen) atoms. The van der Waals surface area contributed by atoms with Crippen molar-refractivity contribution < 1.29 is 9.52 Å². The van der Waals surface area contributed by atoms with Gasteiger partial charge in [0.05, 0.1) is 11.5 Å². The van der Waals surface area contributed by atoms with Crippen LogP contribution < -0.4 is 0 Å². The van der Waals surface area contributed by atoms with Gasteiger partial charge in [-0.2, -0.15) is 5.26 Å². The average molecular weight is 247 g/mol. The van der Waals surface area contributed by atoms with Crippen LogP contribution in [0.4, 0.5) is 0 Å². The highest BCUT2D eigenvalue weighted by atomic mass is 16.4. The van der Waals surface area contributed by atoms with Crippen LogP contribution in [-0.2, 0) is 6.42 Å². The van der Waals surface area contributed by atoms with E-state index in [1.165, 1.54) is 0 Å². The number of aliphatic hydroxyl groups excluding tert-OH is 1. The van der Waals surface area contributed by atoms with Gasteiger partial charge in [-0.25, -0.2) is 0 Å². The van der Waals surface area contributed by atoms with Gasteiger partial charge in [-0.15, -0.1) is 0 Å². The summed E-state index contributed by atoms with van der Waals surface area (Å²) >= 11 is 0. The third-order valence-corrected chi connectivity index (χ3v) is 4.21. The molecule has 1 heterocycles. The zero-order valence-electron chi connectivity index (χ0n) is 11.1. The SMILES string of the molecule is CCc1ccc(C(O)C2(C#N)CCC(C)CC2)o1. The maximum atomic E-state index is 10.5. The van der Waals surface area contributed by atoms with Gasteiger partial charge in [0, 0.05) is 6.42 Å². The fourth-order valence-corrected chi connectivity index (χ4v) is 2.73. The van der Waals surface area contributed by atoms with Crippen LogP contribution in [0.5, 0.6) is 0 Å². The Morgan fingerprint density at radius 1 is 1.50 bits per heavy atom. The van der Waals surface area contributed by atoms with Gasteiger partial charge in [0.15, 0.2) is 0 Å². The zero-order valence-corrected chi connectivity index (χ0v) is 11.1. The summed E-state index contributed by atoms with van der Waals surface area (Å²) in [5.74, 6) is 2.06. The van der Waals surface area contributed by atoms with Crippen molar-refractivity contribution in [3.05, 3.63) is 23.7 Å². The molecule has 0 aromatic carbocycles. The first kappa shape index (κ1) is 13.2. The molecule has 1 aliphatic carbocycles. The van der Waals surface area contributed by atoms with Crippen LogP contribution in [0.2, 0.25) is 0 Å². The van der Waals surface area contributed by atoms with Gasteiger partial charge < -0.3 is 9.52 Å². The lowest BCUT2D eigenvalue weighted by Crippen LogP contribution is -2.31. The molecule has 0 radical (unpaired) electrons. The molecule has 1 fully saturated rings. The lowest BCUT2D eigenvalue weighted by molar-refractivity contribution is 0.0110. The maximum Gasteiger partial charge on any atom is 0.134 e. The largest absolute Gasteiger partial charge is 0.463 e. The molecule has 0 aliphatic heterocycles. The number of hydrogen-bond acceptors (Lipinski definition) is 3. The van der Waals surface area contributed by atoms with Crippen LogP contribution in [0.1, 0.15) is 57.2 Å². The molecule has 98 valence electrons. The molecule has 1 aromatic heterocycles. The summed E-state index contributed by atoms with van der Waals surface area (Å²) in [6, 6.07) is 6.04. The molecular weight excluding hydrogens is 226 g/mol. The summed E-state index contributed by atoms with van der Waals surface area (Å²) in [5, 5.41) is 19.9. The van der Waals surface area contributed by atoms with E-state index in [9.17, 15) is 10.4 Å². The van der Waals surface area contributed by atoms with Crippen LogP contribution in [0.25, 0.3) is 0 Å². The molecule has 3 heteroatoms. The maximum absolute atomic E-state index is 10.5. The summed E-state index contributed by atoms with van der Waals surface area (Å²) in [6.07, 6.45) is 3.54. The summed E-state index contributed by atoms with van der Waals surface area (Å²) in [7, 11) is 0. The van der Waals surface area contributed by atoms with E-state index in [0.29, 0.717) is 11.7 Å². The second kappa shape index (κ2) is 5.16. The monoisotopic (exact) mass is 247 g/mol. The van der Waals surface area contributed by atoms with E-state index in [-0.39, 0.29) is 0 Å². The number of aliphatic hydroxyl groups is 1. The summed E-state index contributed by atoms with van der Waals surface area (Å²) in [6.45, 7) is 4.22. The minimum Gasteiger partial charge on any atom is -0.463 e. The van der Waals surface area contributed by atoms with Crippen LogP contribution in [0.3, 0.4) is 0 Å². The van der Waals surface area contributed by atoms with Crippen LogP contribution in [0, 0.1) is 22.7 Å².